The van der Waals surface area contributed by atoms with E-state index in [1.54, 1.807) is 13.1 Å². The smallest absolute Gasteiger partial charge is 0.338 e. The summed E-state index contributed by atoms with van der Waals surface area (Å²) in [7, 11) is 0. The predicted molar refractivity (Wildman–Crippen MR) is 102 cm³/mol. The van der Waals surface area contributed by atoms with Crippen LogP contribution in [0.3, 0.4) is 0 Å². The summed E-state index contributed by atoms with van der Waals surface area (Å²) in [6.45, 7) is 1.70. The summed E-state index contributed by atoms with van der Waals surface area (Å²) in [4.78, 5) is 38.9. The van der Waals surface area contributed by atoms with Crippen molar-refractivity contribution in [3.05, 3.63) is 81.9 Å². The van der Waals surface area contributed by atoms with Gasteiger partial charge in [-0.25, -0.2) is 9.78 Å². The first kappa shape index (κ1) is 19.7. The Hall–Kier alpha value is -4.01. The molecule has 3 aromatic rings. The number of benzene rings is 2. The summed E-state index contributed by atoms with van der Waals surface area (Å²) < 4.78 is 10.5. The molecule has 9 heteroatoms. The van der Waals surface area contributed by atoms with Crippen molar-refractivity contribution in [2.24, 2.45) is 0 Å². The zero-order chi connectivity index (χ0) is 20.8. The number of hydrogen-bond acceptors (Lipinski definition) is 7. The summed E-state index contributed by atoms with van der Waals surface area (Å²) in [5.41, 5.74) is 0.337. The van der Waals surface area contributed by atoms with Gasteiger partial charge in [0.05, 0.1) is 29.8 Å². The van der Waals surface area contributed by atoms with Crippen LogP contribution in [-0.2, 0) is 11.3 Å². The maximum atomic E-state index is 12.4. The molecule has 1 amide bonds. The number of aromatic nitrogens is 1. The minimum atomic E-state index is -0.745. The number of non-ortho nitro benzene ring substituents is 1. The lowest BCUT2D eigenvalue weighted by molar-refractivity contribution is -0.384. The van der Waals surface area contributed by atoms with Crippen LogP contribution in [0, 0.1) is 10.1 Å². The first-order chi connectivity index (χ1) is 14.0. The van der Waals surface area contributed by atoms with Crippen LogP contribution in [0.1, 0.15) is 33.5 Å². The molecule has 0 aliphatic carbocycles. The van der Waals surface area contributed by atoms with Crippen molar-refractivity contribution in [2.75, 3.05) is 6.61 Å². The molecule has 148 valence electrons. The van der Waals surface area contributed by atoms with Gasteiger partial charge in [-0.05, 0) is 13.0 Å². The molecule has 1 aromatic heterocycles. The van der Waals surface area contributed by atoms with Gasteiger partial charge in [-0.1, -0.05) is 30.3 Å². The highest BCUT2D eigenvalue weighted by Gasteiger charge is 2.19. The van der Waals surface area contributed by atoms with Crippen molar-refractivity contribution in [1.82, 2.24) is 10.3 Å². The highest BCUT2D eigenvalue weighted by Crippen LogP contribution is 2.20. The minimum absolute atomic E-state index is 0.0247. The van der Waals surface area contributed by atoms with E-state index in [1.165, 1.54) is 6.07 Å². The number of carbonyl (C=O) groups is 2. The van der Waals surface area contributed by atoms with Crippen LogP contribution in [-0.4, -0.2) is 28.4 Å². The predicted octanol–water partition coefficient (Wildman–Crippen LogP) is 3.36. The van der Waals surface area contributed by atoms with Gasteiger partial charge in [0.2, 0.25) is 5.89 Å². The molecule has 2 aromatic carbocycles. The van der Waals surface area contributed by atoms with Crippen molar-refractivity contribution in [3.8, 4) is 11.3 Å². The molecule has 1 N–H and O–H groups in total. The van der Waals surface area contributed by atoms with E-state index in [4.69, 9.17) is 9.15 Å². The lowest BCUT2D eigenvalue weighted by Gasteiger charge is -2.06. The monoisotopic (exact) mass is 395 g/mol. The number of nitro groups is 1. The van der Waals surface area contributed by atoms with Crippen molar-refractivity contribution >= 4 is 17.6 Å². The Kier molecular flexibility index (Phi) is 5.98. The van der Waals surface area contributed by atoms with Gasteiger partial charge in [-0.3, -0.25) is 14.9 Å². The van der Waals surface area contributed by atoms with Crippen LogP contribution in [0.15, 0.2) is 59.1 Å². The van der Waals surface area contributed by atoms with Gasteiger partial charge in [0.25, 0.3) is 11.6 Å². The first-order valence-electron chi connectivity index (χ1n) is 8.73. The summed E-state index contributed by atoms with van der Waals surface area (Å²) in [5.74, 6) is -0.535. The number of oxazole rings is 1. The third kappa shape index (κ3) is 4.83. The van der Waals surface area contributed by atoms with Crippen LogP contribution in [0.5, 0.6) is 0 Å². The molecule has 0 spiro atoms. The third-order valence-corrected chi connectivity index (χ3v) is 3.91. The number of hydrogen-bond donors (Lipinski definition) is 1. The van der Waals surface area contributed by atoms with E-state index in [9.17, 15) is 19.7 Å². The number of nitro benzene ring substituents is 1. The SMILES string of the molecule is CCOC(=O)c1cc(C(=O)NCc2ncc(-c3ccccc3)o2)cc([N+](=O)[O-])c1. The second-order valence-corrected chi connectivity index (χ2v) is 5.91. The van der Waals surface area contributed by atoms with Crippen LogP contribution in [0.2, 0.25) is 0 Å². The third-order valence-electron chi connectivity index (χ3n) is 3.91. The lowest BCUT2D eigenvalue weighted by atomic mass is 10.1. The Morgan fingerprint density at radius 2 is 1.90 bits per heavy atom. The first-order valence-corrected chi connectivity index (χ1v) is 8.73. The number of ether oxygens (including phenoxy) is 1. The van der Waals surface area contributed by atoms with E-state index in [2.05, 4.69) is 10.3 Å². The molecular weight excluding hydrogens is 378 g/mol. The second-order valence-electron chi connectivity index (χ2n) is 5.91. The van der Waals surface area contributed by atoms with E-state index in [1.807, 2.05) is 30.3 Å². The maximum Gasteiger partial charge on any atom is 0.338 e. The number of esters is 1. The quantitative estimate of drug-likeness (QED) is 0.369. The van der Waals surface area contributed by atoms with Gasteiger partial charge in [0.15, 0.2) is 5.76 Å². The molecule has 29 heavy (non-hydrogen) atoms. The van der Waals surface area contributed by atoms with E-state index in [-0.39, 0.29) is 35.9 Å². The van der Waals surface area contributed by atoms with Crippen LogP contribution in [0.25, 0.3) is 11.3 Å². The number of amides is 1. The number of rotatable bonds is 7. The molecule has 3 rings (SSSR count). The molecule has 0 fully saturated rings. The minimum Gasteiger partial charge on any atom is -0.462 e. The molecule has 0 bridgehead atoms. The Labute approximate surface area is 165 Å². The van der Waals surface area contributed by atoms with Crippen LogP contribution < -0.4 is 5.32 Å². The average Bonchev–Trinajstić information content (AvgIpc) is 3.21. The van der Waals surface area contributed by atoms with E-state index in [0.717, 1.165) is 17.7 Å². The highest BCUT2D eigenvalue weighted by molar-refractivity contribution is 5.98. The van der Waals surface area contributed by atoms with Gasteiger partial charge in [-0.15, -0.1) is 0 Å². The Morgan fingerprint density at radius 3 is 2.59 bits per heavy atom. The largest absolute Gasteiger partial charge is 0.462 e. The van der Waals surface area contributed by atoms with Gasteiger partial charge in [-0.2, -0.15) is 0 Å². The topological polar surface area (TPSA) is 125 Å². The zero-order valence-electron chi connectivity index (χ0n) is 15.5. The van der Waals surface area contributed by atoms with E-state index >= 15 is 0 Å². The second kappa shape index (κ2) is 8.79. The average molecular weight is 395 g/mol. The summed E-state index contributed by atoms with van der Waals surface area (Å²) in [6.07, 6.45) is 1.54. The Bertz CT molecular complexity index is 1050. The van der Waals surface area contributed by atoms with Crippen molar-refractivity contribution in [3.63, 3.8) is 0 Å². The highest BCUT2D eigenvalue weighted by atomic mass is 16.6. The normalized spacial score (nSPS) is 10.4. The van der Waals surface area contributed by atoms with Crippen LogP contribution in [0.4, 0.5) is 5.69 Å². The standard InChI is InChI=1S/C20H17N3O6/c1-2-28-20(25)15-8-14(9-16(10-15)23(26)27)19(24)22-12-18-21-11-17(29-18)13-6-4-3-5-7-13/h3-11H,2,12H2,1H3,(H,22,24). The molecule has 9 nitrogen and oxygen atoms in total. The zero-order valence-corrected chi connectivity index (χ0v) is 15.5. The summed E-state index contributed by atoms with van der Waals surface area (Å²) in [6, 6.07) is 12.7. The fraction of sp³-hybridized carbons (Fsp3) is 0.150. The number of carbonyl (C=O) groups excluding carboxylic acids is 2. The molecule has 0 saturated carbocycles. The summed E-state index contributed by atoms with van der Waals surface area (Å²) in [5, 5.41) is 13.7. The van der Waals surface area contributed by atoms with E-state index in [0.29, 0.717) is 5.76 Å². The van der Waals surface area contributed by atoms with Crippen LogP contribution >= 0.6 is 0 Å². The van der Waals surface area contributed by atoms with Gasteiger partial charge in [0.1, 0.15) is 0 Å². The van der Waals surface area contributed by atoms with Crippen molar-refractivity contribution in [1.29, 1.82) is 0 Å². The molecule has 0 radical (unpaired) electrons. The molecule has 0 atom stereocenters. The molecule has 0 aliphatic rings. The molecule has 0 saturated heterocycles. The van der Waals surface area contributed by atoms with Crippen molar-refractivity contribution < 1.29 is 23.7 Å². The fourth-order valence-corrected chi connectivity index (χ4v) is 2.57. The maximum absolute atomic E-state index is 12.4. The van der Waals surface area contributed by atoms with Gasteiger partial charge >= 0.3 is 5.97 Å². The number of nitrogens with zero attached hydrogens (tertiary/aromatic N) is 2. The number of nitrogens with one attached hydrogen (secondary N) is 1. The Morgan fingerprint density at radius 1 is 1.17 bits per heavy atom. The summed E-state index contributed by atoms with van der Waals surface area (Å²) >= 11 is 0. The lowest BCUT2D eigenvalue weighted by Crippen LogP contribution is -2.23. The molecule has 0 unspecified atom stereocenters. The molecular formula is C20H17N3O6. The van der Waals surface area contributed by atoms with Crippen molar-refractivity contribution in [2.45, 2.75) is 13.5 Å². The van der Waals surface area contributed by atoms with Gasteiger partial charge < -0.3 is 14.5 Å². The van der Waals surface area contributed by atoms with E-state index < -0.39 is 16.8 Å². The fourth-order valence-electron chi connectivity index (χ4n) is 2.57. The molecule has 1 heterocycles. The van der Waals surface area contributed by atoms with Gasteiger partial charge in [0, 0.05) is 23.3 Å². The Balaban J connectivity index is 1.74. The molecule has 0 aliphatic heterocycles.